The van der Waals surface area contributed by atoms with Gasteiger partial charge in [0, 0.05) is 42.6 Å². The molecule has 0 saturated carbocycles. The number of hydrogen-bond acceptors (Lipinski definition) is 7. The molecule has 1 aliphatic heterocycles. The second-order valence-electron chi connectivity index (χ2n) is 7.82. The molecule has 0 amide bonds. The number of aryl methyl sites for hydroxylation is 1. The van der Waals surface area contributed by atoms with Crippen molar-refractivity contribution >= 4 is 42.9 Å². The fourth-order valence-corrected chi connectivity index (χ4v) is 5.44. The monoisotopic (exact) mass is 534 g/mol. The quantitative estimate of drug-likeness (QED) is 0.354. The first-order valence-electron chi connectivity index (χ1n) is 10.4. The number of carbonyl (C=O) groups is 1. The summed E-state index contributed by atoms with van der Waals surface area (Å²) in [6, 6.07) is 13.4. The standard InChI is InChI=1S/C23H23BrN2O6S/c1-16-2-5-19(6-3-16)33(29,30)26-10-8-25(9-11-26)12-13-31-22(27)20-15-17-14-18(24)4-7-21(17)32-23(20)28/h2-7,14-15H,8-13H2,1H3. The minimum absolute atomic E-state index is 0.0828. The van der Waals surface area contributed by atoms with E-state index < -0.39 is 21.6 Å². The van der Waals surface area contributed by atoms with E-state index in [4.69, 9.17) is 9.15 Å². The van der Waals surface area contributed by atoms with E-state index in [-0.39, 0.29) is 17.1 Å². The first-order valence-corrected chi connectivity index (χ1v) is 12.7. The number of esters is 1. The lowest BCUT2D eigenvalue weighted by atomic mass is 10.2. The summed E-state index contributed by atoms with van der Waals surface area (Å²) in [4.78, 5) is 26.8. The lowest BCUT2D eigenvalue weighted by molar-refractivity contribution is 0.0440. The lowest BCUT2D eigenvalue weighted by Gasteiger charge is -2.33. The van der Waals surface area contributed by atoms with Crippen LogP contribution in [0.4, 0.5) is 0 Å². The van der Waals surface area contributed by atoms with E-state index in [1.165, 1.54) is 10.4 Å². The fourth-order valence-electron chi connectivity index (χ4n) is 3.63. The molecule has 10 heteroatoms. The molecule has 2 aromatic carbocycles. The molecule has 0 aliphatic carbocycles. The van der Waals surface area contributed by atoms with Crippen molar-refractivity contribution in [2.75, 3.05) is 39.3 Å². The number of fused-ring (bicyclic) bond motifs is 1. The third-order valence-corrected chi connectivity index (χ3v) is 7.95. The van der Waals surface area contributed by atoms with Crippen LogP contribution in [0.15, 0.2) is 67.1 Å². The van der Waals surface area contributed by atoms with E-state index in [1.807, 2.05) is 11.8 Å². The summed E-state index contributed by atoms with van der Waals surface area (Å²) < 4.78 is 38.4. The Balaban J connectivity index is 1.30. The number of sulfonamides is 1. The van der Waals surface area contributed by atoms with Crippen molar-refractivity contribution in [1.82, 2.24) is 9.21 Å². The number of ether oxygens (including phenoxy) is 1. The Morgan fingerprint density at radius 2 is 1.76 bits per heavy atom. The second-order valence-corrected chi connectivity index (χ2v) is 10.7. The number of nitrogens with zero attached hydrogens (tertiary/aromatic N) is 2. The maximum atomic E-state index is 12.8. The van der Waals surface area contributed by atoms with Crippen LogP contribution in [0.2, 0.25) is 0 Å². The molecule has 1 fully saturated rings. The van der Waals surface area contributed by atoms with Gasteiger partial charge in [0.15, 0.2) is 0 Å². The largest absolute Gasteiger partial charge is 0.461 e. The molecule has 1 aromatic heterocycles. The first-order chi connectivity index (χ1) is 15.7. The van der Waals surface area contributed by atoms with E-state index in [0.717, 1.165) is 10.0 Å². The van der Waals surface area contributed by atoms with E-state index in [1.54, 1.807) is 42.5 Å². The Kier molecular flexibility index (Phi) is 6.99. The molecule has 0 N–H and O–H groups in total. The Morgan fingerprint density at radius 3 is 2.45 bits per heavy atom. The molecule has 1 saturated heterocycles. The lowest BCUT2D eigenvalue weighted by Crippen LogP contribution is -2.49. The summed E-state index contributed by atoms with van der Waals surface area (Å²) in [5.74, 6) is -0.744. The van der Waals surface area contributed by atoms with Crippen molar-refractivity contribution in [1.29, 1.82) is 0 Å². The van der Waals surface area contributed by atoms with E-state index in [0.29, 0.717) is 43.7 Å². The average molecular weight is 535 g/mol. The number of piperazine rings is 1. The van der Waals surface area contributed by atoms with Crippen LogP contribution in [-0.2, 0) is 14.8 Å². The van der Waals surface area contributed by atoms with Crippen molar-refractivity contribution in [3.05, 3.63) is 74.6 Å². The molecule has 0 bridgehead atoms. The van der Waals surface area contributed by atoms with Gasteiger partial charge in [-0.2, -0.15) is 4.31 Å². The molecular formula is C23H23BrN2O6S. The number of benzene rings is 2. The van der Waals surface area contributed by atoms with Gasteiger partial charge < -0.3 is 9.15 Å². The molecule has 174 valence electrons. The van der Waals surface area contributed by atoms with Crippen molar-refractivity contribution in [3.8, 4) is 0 Å². The predicted octanol–water partition coefficient (Wildman–Crippen LogP) is 3.03. The highest BCUT2D eigenvalue weighted by Crippen LogP contribution is 2.20. The van der Waals surface area contributed by atoms with Gasteiger partial charge in [-0.1, -0.05) is 33.6 Å². The second kappa shape index (κ2) is 9.76. The number of carbonyl (C=O) groups excluding carboxylic acids is 1. The maximum absolute atomic E-state index is 12.8. The van der Waals surface area contributed by atoms with Crippen molar-refractivity contribution in [2.24, 2.45) is 0 Å². The van der Waals surface area contributed by atoms with Crippen LogP contribution in [0.3, 0.4) is 0 Å². The van der Waals surface area contributed by atoms with Gasteiger partial charge in [-0.25, -0.2) is 18.0 Å². The van der Waals surface area contributed by atoms with Gasteiger partial charge in [0.25, 0.3) is 0 Å². The summed E-state index contributed by atoms with van der Waals surface area (Å²) in [5, 5.41) is 0.613. The fraction of sp³-hybridized carbons (Fsp3) is 0.304. The Morgan fingerprint density at radius 1 is 1.06 bits per heavy atom. The minimum Gasteiger partial charge on any atom is -0.461 e. The van der Waals surface area contributed by atoms with Gasteiger partial charge in [-0.3, -0.25) is 4.90 Å². The summed E-state index contributed by atoms with van der Waals surface area (Å²) in [6.45, 7) is 4.19. The van der Waals surface area contributed by atoms with Crippen LogP contribution in [0, 0.1) is 6.92 Å². The molecular weight excluding hydrogens is 512 g/mol. The third kappa shape index (κ3) is 5.35. The highest BCUT2D eigenvalue weighted by molar-refractivity contribution is 9.10. The van der Waals surface area contributed by atoms with E-state index in [9.17, 15) is 18.0 Å². The Hall–Kier alpha value is -2.53. The smallest absolute Gasteiger partial charge is 0.351 e. The molecule has 3 aromatic rings. The van der Waals surface area contributed by atoms with Crippen LogP contribution in [0.5, 0.6) is 0 Å². The number of halogens is 1. The minimum atomic E-state index is -3.53. The molecule has 0 atom stereocenters. The first kappa shape index (κ1) is 23.6. The van der Waals surface area contributed by atoms with E-state index >= 15 is 0 Å². The van der Waals surface area contributed by atoms with Crippen LogP contribution < -0.4 is 5.63 Å². The van der Waals surface area contributed by atoms with E-state index in [2.05, 4.69) is 15.9 Å². The van der Waals surface area contributed by atoms with Gasteiger partial charge in [-0.05, 0) is 43.3 Å². The maximum Gasteiger partial charge on any atom is 0.351 e. The molecule has 1 aliphatic rings. The SMILES string of the molecule is Cc1ccc(S(=O)(=O)N2CCN(CCOC(=O)c3cc4cc(Br)ccc4oc3=O)CC2)cc1. The molecule has 0 unspecified atom stereocenters. The molecule has 2 heterocycles. The molecule has 0 spiro atoms. The van der Waals surface area contributed by atoms with Crippen molar-refractivity contribution < 1.29 is 22.4 Å². The predicted molar refractivity (Wildman–Crippen MR) is 127 cm³/mol. The highest BCUT2D eigenvalue weighted by atomic mass is 79.9. The molecule has 0 radical (unpaired) electrons. The van der Waals surface area contributed by atoms with Crippen molar-refractivity contribution in [2.45, 2.75) is 11.8 Å². The normalized spacial score (nSPS) is 15.6. The Labute approximate surface area is 199 Å². The van der Waals surface area contributed by atoms with Gasteiger partial charge in [0.05, 0.1) is 4.90 Å². The van der Waals surface area contributed by atoms with Crippen LogP contribution in [0.1, 0.15) is 15.9 Å². The van der Waals surface area contributed by atoms with Gasteiger partial charge in [0.1, 0.15) is 17.8 Å². The van der Waals surface area contributed by atoms with Gasteiger partial charge in [-0.15, -0.1) is 0 Å². The Bertz CT molecular complexity index is 1330. The average Bonchev–Trinajstić information content (AvgIpc) is 2.79. The van der Waals surface area contributed by atoms with Crippen LogP contribution >= 0.6 is 15.9 Å². The zero-order chi connectivity index (χ0) is 23.6. The molecule has 8 nitrogen and oxygen atoms in total. The van der Waals surface area contributed by atoms with Gasteiger partial charge in [0.2, 0.25) is 10.0 Å². The number of rotatable bonds is 6. The summed E-state index contributed by atoms with van der Waals surface area (Å²) in [6.07, 6.45) is 0. The topological polar surface area (TPSA) is 97.1 Å². The summed E-state index contributed by atoms with van der Waals surface area (Å²) in [5.41, 5.74) is 0.486. The van der Waals surface area contributed by atoms with Crippen LogP contribution in [-0.4, -0.2) is 62.9 Å². The third-order valence-electron chi connectivity index (χ3n) is 5.54. The number of hydrogen-bond donors (Lipinski definition) is 0. The zero-order valence-electron chi connectivity index (χ0n) is 18.0. The van der Waals surface area contributed by atoms with Crippen LogP contribution in [0.25, 0.3) is 11.0 Å². The van der Waals surface area contributed by atoms with Crippen molar-refractivity contribution in [3.63, 3.8) is 0 Å². The molecule has 4 rings (SSSR count). The summed E-state index contributed by atoms with van der Waals surface area (Å²) >= 11 is 3.35. The highest BCUT2D eigenvalue weighted by Gasteiger charge is 2.28. The summed E-state index contributed by atoms with van der Waals surface area (Å²) in [7, 11) is -3.53. The molecule has 33 heavy (non-hydrogen) atoms. The zero-order valence-corrected chi connectivity index (χ0v) is 20.4. The van der Waals surface area contributed by atoms with Gasteiger partial charge >= 0.3 is 11.6 Å².